The van der Waals surface area contributed by atoms with Gasteiger partial charge in [0.25, 0.3) is 0 Å². The molecule has 1 amide bonds. The number of anilines is 2. The summed E-state index contributed by atoms with van der Waals surface area (Å²) in [6.45, 7) is 1.14. The number of rotatable bonds is 5. The van der Waals surface area contributed by atoms with Crippen LogP contribution in [0.25, 0.3) is 0 Å². The van der Waals surface area contributed by atoms with Crippen LogP contribution in [0.3, 0.4) is 0 Å². The predicted molar refractivity (Wildman–Crippen MR) is 88.1 cm³/mol. The van der Waals surface area contributed by atoms with Crippen LogP contribution in [-0.4, -0.2) is 26.6 Å². The van der Waals surface area contributed by atoms with Crippen molar-refractivity contribution in [3.8, 4) is 0 Å². The van der Waals surface area contributed by atoms with E-state index in [0.29, 0.717) is 16.4 Å². The molecule has 0 fully saturated rings. The predicted octanol–water partition coefficient (Wildman–Crippen LogP) is 3.04. The summed E-state index contributed by atoms with van der Waals surface area (Å²) in [5.41, 5.74) is -1.06. The lowest BCUT2D eigenvalue weighted by molar-refractivity contribution is -0.116. The molecule has 2 aromatic rings. The molecule has 0 radical (unpaired) electrons. The van der Waals surface area contributed by atoms with Crippen molar-refractivity contribution in [2.24, 2.45) is 0 Å². The molecule has 140 valence electrons. The maximum absolute atomic E-state index is 13.7. The fourth-order valence-electron chi connectivity index (χ4n) is 2.28. The number of hydrogen-bond acceptors (Lipinski definition) is 3. The Morgan fingerprint density at radius 3 is 2.08 bits per heavy atom. The Hall–Kier alpha value is -2.62. The minimum atomic E-state index is -4.11. The summed E-state index contributed by atoms with van der Waals surface area (Å²) in [5.74, 6) is -5.69. The average molecular weight is 390 g/mol. The highest BCUT2D eigenvalue weighted by atomic mass is 32.2. The van der Waals surface area contributed by atoms with Crippen molar-refractivity contribution in [2.75, 3.05) is 15.9 Å². The van der Waals surface area contributed by atoms with Gasteiger partial charge in [-0.3, -0.25) is 9.10 Å². The van der Waals surface area contributed by atoms with E-state index >= 15 is 0 Å². The van der Waals surface area contributed by atoms with Crippen LogP contribution < -0.4 is 9.62 Å². The summed E-state index contributed by atoms with van der Waals surface area (Å²) < 4.78 is 78.4. The first-order valence-corrected chi connectivity index (χ1v) is 9.06. The van der Waals surface area contributed by atoms with Gasteiger partial charge in [0.2, 0.25) is 15.9 Å². The van der Waals surface area contributed by atoms with Crippen LogP contribution in [0.2, 0.25) is 0 Å². The van der Waals surface area contributed by atoms with Gasteiger partial charge in [0.15, 0.2) is 11.6 Å². The normalized spacial score (nSPS) is 12.5. The molecule has 0 aliphatic carbocycles. The Kier molecular flexibility index (Phi) is 5.55. The molecule has 0 unspecified atom stereocenters. The van der Waals surface area contributed by atoms with Gasteiger partial charge in [0.05, 0.1) is 11.9 Å². The summed E-state index contributed by atoms with van der Waals surface area (Å²) in [6.07, 6.45) is 0.752. The van der Waals surface area contributed by atoms with E-state index in [2.05, 4.69) is 0 Å². The maximum Gasteiger partial charge on any atom is 0.248 e. The molecule has 0 aromatic heterocycles. The average Bonchev–Trinajstić information content (AvgIpc) is 2.53. The molecule has 5 nitrogen and oxygen atoms in total. The monoisotopic (exact) mass is 390 g/mol. The van der Waals surface area contributed by atoms with Crippen molar-refractivity contribution in [3.63, 3.8) is 0 Å². The molecule has 0 heterocycles. The lowest BCUT2D eigenvalue weighted by Crippen LogP contribution is -2.45. The van der Waals surface area contributed by atoms with E-state index in [4.69, 9.17) is 0 Å². The van der Waals surface area contributed by atoms with E-state index in [1.165, 1.54) is 0 Å². The zero-order valence-corrected chi connectivity index (χ0v) is 14.5. The molecular formula is C16H14F4N2O3S. The van der Waals surface area contributed by atoms with Crippen molar-refractivity contribution >= 4 is 27.3 Å². The quantitative estimate of drug-likeness (QED) is 0.798. The van der Waals surface area contributed by atoms with Crippen molar-refractivity contribution in [1.82, 2.24) is 0 Å². The third-order valence-corrected chi connectivity index (χ3v) is 4.70. The van der Waals surface area contributed by atoms with Crippen molar-refractivity contribution in [3.05, 3.63) is 59.7 Å². The minimum Gasteiger partial charge on any atom is -0.319 e. The Balaban J connectivity index is 2.39. The van der Waals surface area contributed by atoms with Gasteiger partial charge in [-0.05, 0) is 31.2 Å². The van der Waals surface area contributed by atoms with E-state index in [0.717, 1.165) is 37.4 Å². The molecule has 2 aromatic carbocycles. The zero-order valence-electron chi connectivity index (χ0n) is 13.6. The van der Waals surface area contributed by atoms with Crippen LogP contribution in [0.15, 0.2) is 36.4 Å². The molecular weight excluding hydrogens is 376 g/mol. The Morgan fingerprint density at radius 1 is 1.00 bits per heavy atom. The second-order valence-electron chi connectivity index (χ2n) is 5.42. The van der Waals surface area contributed by atoms with Crippen molar-refractivity contribution in [2.45, 2.75) is 13.0 Å². The lowest BCUT2D eigenvalue weighted by atomic mass is 10.2. The van der Waals surface area contributed by atoms with Crippen LogP contribution in [-0.2, 0) is 14.8 Å². The second kappa shape index (κ2) is 7.32. The van der Waals surface area contributed by atoms with Gasteiger partial charge in [0.1, 0.15) is 23.4 Å². The largest absolute Gasteiger partial charge is 0.319 e. The summed E-state index contributed by atoms with van der Waals surface area (Å²) in [5, 5.41) is 1.96. The van der Waals surface area contributed by atoms with Crippen molar-refractivity contribution < 1.29 is 30.8 Å². The first-order valence-electron chi connectivity index (χ1n) is 7.21. The molecule has 0 saturated heterocycles. The molecule has 0 spiro atoms. The number of carbonyl (C=O) groups is 1. The number of sulfonamides is 1. The smallest absolute Gasteiger partial charge is 0.248 e. The fraction of sp³-hybridized carbons (Fsp3) is 0.188. The van der Waals surface area contributed by atoms with Crippen LogP contribution >= 0.6 is 0 Å². The maximum atomic E-state index is 13.7. The number of nitrogens with one attached hydrogen (secondary N) is 1. The number of halogens is 4. The molecule has 10 heteroatoms. The van der Waals surface area contributed by atoms with Gasteiger partial charge in [0, 0.05) is 6.07 Å². The van der Waals surface area contributed by atoms with E-state index in [1.54, 1.807) is 0 Å². The number of amides is 1. The van der Waals surface area contributed by atoms with Gasteiger partial charge in [-0.2, -0.15) is 0 Å². The van der Waals surface area contributed by atoms with Crippen molar-refractivity contribution in [1.29, 1.82) is 0 Å². The molecule has 1 atom stereocenters. The topological polar surface area (TPSA) is 66.5 Å². The zero-order chi connectivity index (χ0) is 19.6. The second-order valence-corrected chi connectivity index (χ2v) is 7.28. The Morgan fingerprint density at radius 2 is 1.58 bits per heavy atom. The Bertz CT molecular complexity index is 930. The van der Waals surface area contributed by atoms with Crippen LogP contribution in [0, 0.1) is 23.3 Å². The highest BCUT2D eigenvalue weighted by Gasteiger charge is 2.30. The highest BCUT2D eigenvalue weighted by Crippen LogP contribution is 2.24. The third kappa shape index (κ3) is 4.13. The molecule has 2 rings (SSSR count). The SMILES string of the molecule is C[C@H](C(=O)Nc1c(F)cccc1F)N(c1ccc(F)c(F)c1)S(C)(=O)=O. The van der Waals surface area contributed by atoms with Gasteiger partial charge < -0.3 is 5.32 Å². The van der Waals surface area contributed by atoms with Gasteiger partial charge in [-0.25, -0.2) is 26.0 Å². The number of hydrogen-bond donors (Lipinski definition) is 1. The molecule has 0 aliphatic heterocycles. The minimum absolute atomic E-state index is 0.317. The number of carbonyl (C=O) groups excluding carboxylic acids is 1. The van der Waals surface area contributed by atoms with E-state index in [-0.39, 0.29) is 5.69 Å². The van der Waals surface area contributed by atoms with Crippen LogP contribution in [0.5, 0.6) is 0 Å². The summed E-state index contributed by atoms with van der Waals surface area (Å²) in [4.78, 5) is 12.3. The standard InChI is InChI=1S/C16H14F4N2O3S/c1-9(16(23)21-15-12(18)4-3-5-13(15)19)22(26(2,24)25)10-6-7-11(17)14(20)8-10/h3-9H,1-2H3,(H,21,23)/t9-/m1/s1. The van der Waals surface area contributed by atoms with E-state index < -0.39 is 50.9 Å². The van der Waals surface area contributed by atoms with Crippen LogP contribution in [0.1, 0.15) is 6.92 Å². The molecule has 0 aliphatic rings. The molecule has 0 bridgehead atoms. The third-order valence-electron chi connectivity index (χ3n) is 3.46. The Labute approximate surface area is 147 Å². The highest BCUT2D eigenvalue weighted by molar-refractivity contribution is 7.92. The fourth-order valence-corrected chi connectivity index (χ4v) is 3.44. The molecule has 1 N–H and O–H groups in total. The molecule has 0 saturated carbocycles. The van der Waals surface area contributed by atoms with Gasteiger partial charge in [-0.1, -0.05) is 6.07 Å². The number of nitrogens with zero attached hydrogens (tertiary/aromatic N) is 1. The lowest BCUT2D eigenvalue weighted by Gasteiger charge is -2.28. The molecule has 26 heavy (non-hydrogen) atoms. The summed E-state index contributed by atoms with van der Waals surface area (Å²) in [7, 11) is -4.11. The van der Waals surface area contributed by atoms with E-state index in [1.807, 2.05) is 5.32 Å². The van der Waals surface area contributed by atoms with Gasteiger partial charge in [-0.15, -0.1) is 0 Å². The first kappa shape index (κ1) is 19.7. The first-order chi connectivity index (χ1) is 12.0. The van der Waals surface area contributed by atoms with Gasteiger partial charge >= 0.3 is 0 Å². The summed E-state index contributed by atoms with van der Waals surface area (Å²) >= 11 is 0. The van der Waals surface area contributed by atoms with Crippen LogP contribution in [0.4, 0.5) is 28.9 Å². The summed E-state index contributed by atoms with van der Waals surface area (Å²) in [6, 6.07) is 3.67. The number of para-hydroxylation sites is 1. The van der Waals surface area contributed by atoms with E-state index in [9.17, 15) is 30.8 Å². The number of benzene rings is 2.